The molecule has 0 atom stereocenters. The standard InChI is InChI=1S/C15H20N4O2/c1-20-11-3-4-12(14(9-11)21-2)13-10-15(18-17-13)19-7-5-16-6-8-19/h3-4,9-10,16H,5-8H2,1-2H3,(H,17,18). The lowest BCUT2D eigenvalue weighted by Gasteiger charge is -2.26. The van der Waals surface area contributed by atoms with Crippen molar-refractivity contribution in [1.82, 2.24) is 15.5 Å². The second kappa shape index (κ2) is 6.05. The first-order valence-corrected chi connectivity index (χ1v) is 7.05. The van der Waals surface area contributed by atoms with Gasteiger partial charge in [-0.1, -0.05) is 0 Å². The lowest BCUT2D eigenvalue weighted by atomic mass is 10.1. The van der Waals surface area contributed by atoms with Crippen LogP contribution in [0.1, 0.15) is 0 Å². The van der Waals surface area contributed by atoms with E-state index < -0.39 is 0 Å². The molecule has 1 aliphatic rings. The van der Waals surface area contributed by atoms with Crippen LogP contribution >= 0.6 is 0 Å². The zero-order chi connectivity index (χ0) is 14.7. The molecule has 0 unspecified atom stereocenters. The fraction of sp³-hybridized carbons (Fsp3) is 0.400. The van der Waals surface area contributed by atoms with Gasteiger partial charge in [0.2, 0.25) is 0 Å². The van der Waals surface area contributed by atoms with Crippen LogP contribution in [0.15, 0.2) is 24.3 Å². The number of hydrogen-bond donors (Lipinski definition) is 2. The number of benzene rings is 1. The van der Waals surface area contributed by atoms with Crippen LogP contribution in [0.25, 0.3) is 11.3 Å². The number of nitrogens with one attached hydrogen (secondary N) is 2. The Morgan fingerprint density at radius 1 is 1.10 bits per heavy atom. The number of hydrogen-bond acceptors (Lipinski definition) is 5. The van der Waals surface area contributed by atoms with E-state index in [0.717, 1.165) is 54.8 Å². The van der Waals surface area contributed by atoms with Gasteiger partial charge < -0.3 is 19.7 Å². The molecule has 6 heteroatoms. The molecule has 0 radical (unpaired) electrons. The van der Waals surface area contributed by atoms with Crippen LogP contribution in [-0.4, -0.2) is 50.6 Å². The highest BCUT2D eigenvalue weighted by Gasteiger charge is 2.16. The molecule has 2 aromatic rings. The minimum atomic E-state index is 0.768. The zero-order valence-electron chi connectivity index (χ0n) is 12.3. The molecule has 0 aliphatic carbocycles. The molecule has 2 heterocycles. The predicted octanol–water partition coefficient (Wildman–Crippen LogP) is 1.50. The lowest BCUT2D eigenvalue weighted by molar-refractivity contribution is 0.395. The minimum absolute atomic E-state index is 0.768. The van der Waals surface area contributed by atoms with Crippen LogP contribution < -0.4 is 19.7 Å². The Bertz CT molecular complexity index is 605. The molecular formula is C15H20N4O2. The Morgan fingerprint density at radius 3 is 2.62 bits per heavy atom. The Kier molecular flexibility index (Phi) is 3.96. The highest BCUT2D eigenvalue weighted by Crippen LogP contribution is 2.33. The van der Waals surface area contributed by atoms with Crippen molar-refractivity contribution in [3.8, 4) is 22.8 Å². The minimum Gasteiger partial charge on any atom is -0.497 e. The van der Waals surface area contributed by atoms with Crippen molar-refractivity contribution in [2.75, 3.05) is 45.3 Å². The largest absolute Gasteiger partial charge is 0.497 e. The molecule has 1 aliphatic heterocycles. The number of aromatic nitrogens is 2. The second-order valence-corrected chi connectivity index (χ2v) is 4.94. The molecule has 3 rings (SSSR count). The number of H-pyrrole nitrogens is 1. The van der Waals surface area contributed by atoms with Crippen LogP contribution in [0.3, 0.4) is 0 Å². The van der Waals surface area contributed by atoms with E-state index in [1.807, 2.05) is 18.2 Å². The van der Waals surface area contributed by atoms with E-state index in [1.165, 1.54) is 0 Å². The lowest BCUT2D eigenvalue weighted by Crippen LogP contribution is -2.43. The normalized spacial score (nSPS) is 15.0. The second-order valence-electron chi connectivity index (χ2n) is 4.94. The first-order chi connectivity index (χ1) is 10.3. The number of rotatable bonds is 4. The van der Waals surface area contributed by atoms with Gasteiger partial charge in [-0.05, 0) is 12.1 Å². The van der Waals surface area contributed by atoms with Gasteiger partial charge in [0.25, 0.3) is 0 Å². The molecule has 0 spiro atoms. The highest BCUT2D eigenvalue weighted by atomic mass is 16.5. The average molecular weight is 288 g/mol. The molecule has 1 saturated heterocycles. The third-order valence-electron chi connectivity index (χ3n) is 3.70. The van der Waals surface area contributed by atoms with E-state index in [4.69, 9.17) is 9.47 Å². The number of nitrogens with zero attached hydrogens (tertiary/aromatic N) is 2. The summed E-state index contributed by atoms with van der Waals surface area (Å²) in [5.41, 5.74) is 1.93. The Balaban J connectivity index is 1.88. The third-order valence-corrected chi connectivity index (χ3v) is 3.70. The molecule has 0 bridgehead atoms. The molecule has 21 heavy (non-hydrogen) atoms. The van der Waals surface area contributed by atoms with Crippen molar-refractivity contribution in [2.24, 2.45) is 0 Å². The average Bonchev–Trinajstić information content (AvgIpc) is 3.04. The van der Waals surface area contributed by atoms with E-state index in [2.05, 4.69) is 26.5 Å². The topological polar surface area (TPSA) is 62.4 Å². The van der Waals surface area contributed by atoms with Crippen LogP contribution in [0.2, 0.25) is 0 Å². The van der Waals surface area contributed by atoms with Gasteiger partial charge in [0.1, 0.15) is 11.5 Å². The van der Waals surface area contributed by atoms with Crippen molar-refractivity contribution >= 4 is 5.82 Å². The molecule has 0 amide bonds. The van der Waals surface area contributed by atoms with Crippen LogP contribution in [-0.2, 0) is 0 Å². The summed E-state index contributed by atoms with van der Waals surface area (Å²) >= 11 is 0. The van der Waals surface area contributed by atoms with Crippen molar-refractivity contribution in [2.45, 2.75) is 0 Å². The molecule has 1 aromatic heterocycles. The molecule has 2 N–H and O–H groups in total. The number of methoxy groups -OCH3 is 2. The molecule has 1 fully saturated rings. The number of ether oxygens (including phenoxy) is 2. The van der Waals surface area contributed by atoms with Crippen molar-refractivity contribution in [3.05, 3.63) is 24.3 Å². The number of aromatic amines is 1. The van der Waals surface area contributed by atoms with Crippen LogP contribution in [0, 0.1) is 0 Å². The number of piperazine rings is 1. The first kappa shape index (κ1) is 13.8. The van der Waals surface area contributed by atoms with Gasteiger partial charge in [-0.25, -0.2) is 0 Å². The Hall–Kier alpha value is -2.21. The van der Waals surface area contributed by atoms with E-state index in [9.17, 15) is 0 Å². The van der Waals surface area contributed by atoms with Crippen molar-refractivity contribution < 1.29 is 9.47 Å². The summed E-state index contributed by atoms with van der Waals surface area (Å²) < 4.78 is 10.7. The maximum atomic E-state index is 5.45. The zero-order valence-corrected chi connectivity index (χ0v) is 12.3. The fourth-order valence-electron chi connectivity index (χ4n) is 2.53. The van der Waals surface area contributed by atoms with Crippen LogP contribution in [0.5, 0.6) is 11.5 Å². The van der Waals surface area contributed by atoms with E-state index in [0.29, 0.717) is 0 Å². The molecule has 112 valence electrons. The molecule has 6 nitrogen and oxygen atoms in total. The van der Waals surface area contributed by atoms with Gasteiger partial charge in [-0.2, -0.15) is 5.10 Å². The molecule has 1 aromatic carbocycles. The molecular weight excluding hydrogens is 268 g/mol. The Labute approximate surface area is 124 Å². The van der Waals surface area contributed by atoms with Crippen molar-refractivity contribution in [3.63, 3.8) is 0 Å². The van der Waals surface area contributed by atoms with Crippen molar-refractivity contribution in [1.29, 1.82) is 0 Å². The summed E-state index contributed by atoms with van der Waals surface area (Å²) in [7, 11) is 3.30. The van der Waals surface area contributed by atoms with Gasteiger partial charge in [-0.15, -0.1) is 0 Å². The monoisotopic (exact) mass is 288 g/mol. The maximum absolute atomic E-state index is 5.45. The number of anilines is 1. The fourth-order valence-corrected chi connectivity index (χ4v) is 2.53. The van der Waals surface area contributed by atoms with Gasteiger partial charge >= 0.3 is 0 Å². The summed E-state index contributed by atoms with van der Waals surface area (Å²) in [6, 6.07) is 7.84. The summed E-state index contributed by atoms with van der Waals surface area (Å²) in [6.45, 7) is 3.94. The first-order valence-electron chi connectivity index (χ1n) is 7.05. The van der Waals surface area contributed by atoms with Gasteiger partial charge in [0, 0.05) is 43.9 Å². The van der Waals surface area contributed by atoms with Gasteiger partial charge in [0.05, 0.1) is 19.9 Å². The summed E-state index contributed by atoms with van der Waals surface area (Å²) in [5.74, 6) is 2.52. The Morgan fingerprint density at radius 2 is 1.90 bits per heavy atom. The van der Waals surface area contributed by atoms with E-state index in [-0.39, 0.29) is 0 Å². The summed E-state index contributed by atoms with van der Waals surface area (Å²) in [5, 5.41) is 10.9. The van der Waals surface area contributed by atoms with Gasteiger partial charge in [0.15, 0.2) is 5.82 Å². The SMILES string of the molecule is COc1ccc(-c2cc(N3CCNCC3)n[nH]2)c(OC)c1. The van der Waals surface area contributed by atoms with Crippen LogP contribution in [0.4, 0.5) is 5.82 Å². The summed E-state index contributed by atoms with van der Waals surface area (Å²) in [4.78, 5) is 2.27. The third kappa shape index (κ3) is 2.80. The van der Waals surface area contributed by atoms with Gasteiger partial charge in [-0.3, -0.25) is 5.10 Å². The quantitative estimate of drug-likeness (QED) is 0.893. The molecule has 0 saturated carbocycles. The van der Waals surface area contributed by atoms with E-state index in [1.54, 1.807) is 14.2 Å². The van der Waals surface area contributed by atoms with E-state index >= 15 is 0 Å². The highest BCUT2D eigenvalue weighted by molar-refractivity contribution is 5.70. The summed E-state index contributed by atoms with van der Waals surface area (Å²) in [6.07, 6.45) is 0. The smallest absolute Gasteiger partial charge is 0.151 e. The maximum Gasteiger partial charge on any atom is 0.151 e. The predicted molar refractivity (Wildman–Crippen MR) is 82.2 cm³/mol.